The summed E-state index contributed by atoms with van der Waals surface area (Å²) in [7, 11) is 0. The topological polar surface area (TPSA) is 63.9 Å². The first-order valence-corrected chi connectivity index (χ1v) is 13.0. The Morgan fingerprint density at radius 2 is 1.62 bits per heavy atom. The van der Waals surface area contributed by atoms with Crippen LogP contribution in [0.4, 0.5) is 0 Å². The van der Waals surface area contributed by atoms with Gasteiger partial charge in [0.25, 0.3) is 11.8 Å². The van der Waals surface area contributed by atoms with Gasteiger partial charge in [-0.05, 0) is 80.1 Å². The number of allylic oxidation sites excluding steroid dienone is 2. The molecule has 188 valence electrons. The molecule has 37 heavy (non-hydrogen) atoms. The Morgan fingerprint density at radius 3 is 2.27 bits per heavy atom. The number of aryl methyl sites for hydroxylation is 1. The van der Waals surface area contributed by atoms with Crippen molar-refractivity contribution in [2.45, 2.75) is 26.9 Å². The van der Waals surface area contributed by atoms with E-state index in [4.69, 9.17) is 27.9 Å². The van der Waals surface area contributed by atoms with Gasteiger partial charge >= 0.3 is 0 Å². The molecule has 2 amide bonds. The molecule has 1 saturated carbocycles. The molecule has 6 nitrogen and oxygen atoms in total. The smallest absolute Gasteiger partial charge is 0.254 e. The Balaban J connectivity index is 1.16. The molecule has 2 aromatic carbocycles. The van der Waals surface area contributed by atoms with Crippen LogP contribution in [0.15, 0.2) is 65.8 Å². The second kappa shape index (κ2) is 9.19. The molecule has 8 heteroatoms. The summed E-state index contributed by atoms with van der Waals surface area (Å²) in [6.07, 6.45) is 6.70. The van der Waals surface area contributed by atoms with Gasteiger partial charge in [-0.2, -0.15) is 10.1 Å². The van der Waals surface area contributed by atoms with Crippen molar-refractivity contribution in [3.8, 4) is 11.4 Å². The lowest BCUT2D eigenvalue weighted by Crippen LogP contribution is -2.28. The third-order valence-electron chi connectivity index (χ3n) is 7.71. The number of aromatic nitrogens is 1. The molecule has 3 aromatic rings. The van der Waals surface area contributed by atoms with Crippen molar-refractivity contribution >= 4 is 41.2 Å². The van der Waals surface area contributed by atoms with Crippen LogP contribution in [0.2, 0.25) is 10.0 Å². The van der Waals surface area contributed by atoms with E-state index in [9.17, 15) is 9.59 Å². The largest absolute Gasteiger partial charge is 0.489 e. The fourth-order valence-electron chi connectivity index (χ4n) is 5.92. The third-order valence-corrected chi connectivity index (χ3v) is 8.45. The zero-order chi connectivity index (χ0) is 25.8. The van der Waals surface area contributed by atoms with E-state index >= 15 is 0 Å². The van der Waals surface area contributed by atoms with E-state index in [0.717, 1.165) is 45.4 Å². The van der Waals surface area contributed by atoms with Crippen LogP contribution in [-0.4, -0.2) is 27.6 Å². The highest BCUT2D eigenvalue weighted by Gasteiger charge is 2.59. The summed E-state index contributed by atoms with van der Waals surface area (Å²) in [6.45, 7) is 4.39. The first kappa shape index (κ1) is 24.0. The molecule has 4 atom stereocenters. The minimum Gasteiger partial charge on any atom is -0.489 e. The summed E-state index contributed by atoms with van der Waals surface area (Å²) in [5.74, 6) is 0.246. The van der Waals surface area contributed by atoms with Gasteiger partial charge in [0, 0.05) is 22.6 Å². The summed E-state index contributed by atoms with van der Waals surface area (Å²) in [5.41, 5.74) is 4.74. The van der Waals surface area contributed by atoms with E-state index in [1.165, 1.54) is 0 Å². The molecule has 1 aromatic heterocycles. The Bertz CT molecular complexity index is 1440. The van der Waals surface area contributed by atoms with Gasteiger partial charge in [0.1, 0.15) is 12.4 Å². The minimum absolute atomic E-state index is 0.173. The summed E-state index contributed by atoms with van der Waals surface area (Å²) in [5, 5.41) is 6.46. The fourth-order valence-corrected chi connectivity index (χ4v) is 6.24. The SMILES string of the molecule is Cc1cc(C=NN2C(=O)[C@@H]3[C@H](C2=O)[C@H]2C=C[C@H]3C2)c(C)n1-c1ccc(OCc2ccc(Cl)c(Cl)c2)cc1. The van der Waals surface area contributed by atoms with Gasteiger partial charge in [0.05, 0.1) is 28.1 Å². The van der Waals surface area contributed by atoms with Gasteiger partial charge < -0.3 is 9.30 Å². The number of fused-ring (bicyclic) bond motifs is 5. The maximum Gasteiger partial charge on any atom is 0.254 e. The lowest BCUT2D eigenvalue weighted by Gasteiger charge is -2.13. The fraction of sp³-hybridized carbons (Fsp3) is 0.276. The molecule has 2 heterocycles. The van der Waals surface area contributed by atoms with Crippen LogP contribution in [0.3, 0.4) is 0 Å². The molecule has 0 N–H and O–H groups in total. The van der Waals surface area contributed by atoms with Gasteiger partial charge in [-0.3, -0.25) is 9.59 Å². The predicted octanol–water partition coefficient (Wildman–Crippen LogP) is 6.12. The number of rotatable bonds is 6. The maximum absolute atomic E-state index is 12.9. The molecule has 0 radical (unpaired) electrons. The van der Waals surface area contributed by atoms with Gasteiger partial charge in [0.15, 0.2) is 0 Å². The van der Waals surface area contributed by atoms with Crippen molar-refractivity contribution in [2.75, 3.05) is 0 Å². The molecule has 2 fully saturated rings. The quantitative estimate of drug-likeness (QED) is 0.218. The average Bonchev–Trinajstić information content (AvgIpc) is 3.63. The Hall–Kier alpha value is -3.35. The molecular formula is C29H25Cl2N3O3. The van der Waals surface area contributed by atoms with E-state index in [0.29, 0.717) is 16.7 Å². The number of hydrogen-bond acceptors (Lipinski definition) is 4. The van der Waals surface area contributed by atoms with Crippen molar-refractivity contribution in [3.63, 3.8) is 0 Å². The summed E-state index contributed by atoms with van der Waals surface area (Å²) in [4.78, 5) is 25.8. The number of hydrogen-bond donors (Lipinski definition) is 0. The van der Waals surface area contributed by atoms with Gasteiger partial charge in [-0.15, -0.1) is 0 Å². The second-order valence-corrected chi connectivity index (χ2v) is 10.7. The van der Waals surface area contributed by atoms with Crippen LogP contribution in [0.25, 0.3) is 5.69 Å². The summed E-state index contributed by atoms with van der Waals surface area (Å²) in [6, 6.07) is 15.3. The van der Waals surface area contributed by atoms with Crippen LogP contribution in [-0.2, 0) is 16.2 Å². The second-order valence-electron chi connectivity index (χ2n) is 9.93. The Labute approximate surface area is 225 Å². The number of ether oxygens (including phenoxy) is 1. The molecule has 1 aliphatic heterocycles. The Kier molecular flexibility index (Phi) is 5.97. The molecule has 3 aliphatic rings. The zero-order valence-electron chi connectivity index (χ0n) is 20.4. The van der Waals surface area contributed by atoms with E-state index in [-0.39, 0.29) is 35.5 Å². The van der Waals surface area contributed by atoms with Crippen LogP contribution in [0.5, 0.6) is 5.75 Å². The van der Waals surface area contributed by atoms with Crippen molar-refractivity contribution in [2.24, 2.45) is 28.8 Å². The zero-order valence-corrected chi connectivity index (χ0v) is 21.9. The first-order valence-electron chi connectivity index (χ1n) is 12.3. The number of imide groups is 1. The number of halogens is 2. The highest BCUT2D eigenvalue weighted by molar-refractivity contribution is 6.42. The van der Waals surface area contributed by atoms with E-state index in [1.54, 1.807) is 18.3 Å². The number of amides is 2. The number of nitrogens with zero attached hydrogens (tertiary/aromatic N) is 3. The average molecular weight is 534 g/mol. The first-order chi connectivity index (χ1) is 17.8. The summed E-state index contributed by atoms with van der Waals surface area (Å²) < 4.78 is 8.01. The van der Waals surface area contributed by atoms with Gasteiger partial charge in [-0.25, -0.2) is 0 Å². The number of carbonyl (C=O) groups is 2. The maximum atomic E-state index is 12.9. The van der Waals surface area contributed by atoms with E-state index in [2.05, 4.69) is 21.8 Å². The van der Waals surface area contributed by atoms with Gasteiger partial charge in [0.2, 0.25) is 0 Å². The molecular weight excluding hydrogens is 509 g/mol. The molecule has 0 unspecified atom stereocenters. The standard InChI is InChI=1S/C29H25Cl2N3O3/c1-16-11-21(14-32-34-28(35)26-19-4-5-20(13-19)27(26)29(34)36)17(2)33(16)22-6-8-23(9-7-22)37-15-18-3-10-24(30)25(31)12-18/h3-12,14,19-20,26-27H,13,15H2,1-2H3/t19-,20-,26-,27+/m0/s1. The predicted molar refractivity (Wildman–Crippen MR) is 143 cm³/mol. The monoisotopic (exact) mass is 533 g/mol. The molecule has 0 spiro atoms. The highest BCUT2D eigenvalue weighted by atomic mass is 35.5. The van der Waals surface area contributed by atoms with Crippen molar-refractivity contribution < 1.29 is 14.3 Å². The lowest BCUT2D eigenvalue weighted by atomic mass is 9.85. The molecule has 2 aliphatic carbocycles. The Morgan fingerprint density at radius 1 is 0.946 bits per heavy atom. The molecule has 6 rings (SSSR count). The minimum atomic E-state index is -0.246. The molecule has 2 bridgehead atoms. The van der Waals surface area contributed by atoms with Crippen molar-refractivity contribution in [3.05, 3.63) is 93.2 Å². The number of carbonyl (C=O) groups excluding carboxylic acids is 2. The van der Waals surface area contributed by atoms with E-state index < -0.39 is 0 Å². The lowest BCUT2D eigenvalue weighted by molar-refractivity contribution is -0.140. The highest BCUT2D eigenvalue weighted by Crippen LogP contribution is 2.52. The van der Waals surface area contributed by atoms with Gasteiger partial charge in [-0.1, -0.05) is 41.4 Å². The number of hydrazone groups is 1. The van der Waals surface area contributed by atoms with Crippen molar-refractivity contribution in [1.29, 1.82) is 0 Å². The van der Waals surface area contributed by atoms with Crippen LogP contribution in [0.1, 0.15) is 28.9 Å². The molecule has 1 saturated heterocycles. The van der Waals surface area contributed by atoms with Crippen LogP contribution < -0.4 is 4.74 Å². The van der Waals surface area contributed by atoms with E-state index in [1.807, 2.05) is 50.2 Å². The third kappa shape index (κ3) is 4.09. The normalized spacial score (nSPS) is 24.1. The van der Waals surface area contributed by atoms with Crippen LogP contribution >= 0.6 is 23.2 Å². The van der Waals surface area contributed by atoms with Crippen LogP contribution in [0, 0.1) is 37.5 Å². The van der Waals surface area contributed by atoms with Crippen molar-refractivity contribution in [1.82, 2.24) is 9.58 Å². The number of benzene rings is 2. The summed E-state index contributed by atoms with van der Waals surface area (Å²) >= 11 is 12.1.